The molecule has 6 rings (SSSR count). The van der Waals surface area contributed by atoms with Gasteiger partial charge in [-0.2, -0.15) is 0 Å². The first-order valence-electron chi connectivity index (χ1n) is 13.7. The molecule has 39 heavy (non-hydrogen) atoms. The molecule has 2 aromatic carbocycles. The first-order chi connectivity index (χ1) is 18.7. The molecule has 1 atom stereocenters. The van der Waals surface area contributed by atoms with E-state index in [1.165, 1.54) is 0 Å². The van der Waals surface area contributed by atoms with Gasteiger partial charge in [-0.1, -0.05) is 12.1 Å². The summed E-state index contributed by atoms with van der Waals surface area (Å²) in [6, 6.07) is 13.9. The van der Waals surface area contributed by atoms with E-state index in [0.717, 1.165) is 65.0 Å². The normalized spacial score (nSPS) is 17.6. The van der Waals surface area contributed by atoms with E-state index in [4.69, 9.17) is 14.5 Å². The molecule has 2 aliphatic rings. The largest absolute Gasteiger partial charge is 0.491 e. The number of aryl methyl sites for hydroxylation is 2. The maximum absolute atomic E-state index is 13.5. The van der Waals surface area contributed by atoms with Gasteiger partial charge in [-0.15, -0.1) is 0 Å². The number of carbonyl (C=O) groups is 2. The number of ether oxygens (including phenoxy) is 2. The van der Waals surface area contributed by atoms with Gasteiger partial charge in [0.1, 0.15) is 11.4 Å². The smallest absolute Gasteiger partial charge is 0.407 e. The van der Waals surface area contributed by atoms with Crippen molar-refractivity contribution in [2.45, 2.75) is 58.2 Å². The van der Waals surface area contributed by atoms with Gasteiger partial charge < -0.3 is 28.8 Å². The number of imidazole rings is 1. The minimum Gasteiger partial charge on any atom is -0.491 e. The van der Waals surface area contributed by atoms with Crippen molar-refractivity contribution in [1.82, 2.24) is 24.3 Å². The molecule has 0 spiro atoms. The van der Waals surface area contributed by atoms with Gasteiger partial charge in [-0.05, 0) is 70.4 Å². The molecule has 0 aliphatic carbocycles. The molecule has 1 saturated heterocycles. The number of nitrogens with one attached hydrogen (secondary N) is 1. The zero-order valence-corrected chi connectivity index (χ0v) is 23.0. The molecule has 2 aliphatic heterocycles. The van der Waals surface area contributed by atoms with Crippen molar-refractivity contribution in [2.24, 2.45) is 7.05 Å². The molecule has 0 unspecified atom stereocenters. The van der Waals surface area contributed by atoms with E-state index in [-0.39, 0.29) is 11.9 Å². The molecule has 0 radical (unpaired) electrons. The van der Waals surface area contributed by atoms with Crippen LogP contribution < -0.4 is 10.1 Å². The van der Waals surface area contributed by atoms with Crippen molar-refractivity contribution in [2.75, 3.05) is 19.7 Å². The summed E-state index contributed by atoms with van der Waals surface area (Å²) in [5, 5.41) is 4.05. The van der Waals surface area contributed by atoms with Crippen LogP contribution in [-0.2, 0) is 18.3 Å². The van der Waals surface area contributed by atoms with Crippen molar-refractivity contribution in [3.8, 4) is 17.3 Å². The lowest BCUT2D eigenvalue weighted by atomic mass is 10.0. The number of rotatable bonds is 3. The highest BCUT2D eigenvalue weighted by atomic mass is 16.6. The van der Waals surface area contributed by atoms with Gasteiger partial charge in [-0.25, -0.2) is 9.78 Å². The zero-order chi connectivity index (χ0) is 27.3. The number of alkyl carbamates (subject to hydrolysis) is 1. The molecule has 2 amide bonds. The third-order valence-corrected chi connectivity index (χ3v) is 7.45. The van der Waals surface area contributed by atoms with Gasteiger partial charge in [0.25, 0.3) is 5.91 Å². The van der Waals surface area contributed by atoms with Crippen LogP contribution in [0.4, 0.5) is 4.79 Å². The topological polar surface area (TPSA) is 90.6 Å². The molecule has 2 aromatic heterocycles. The van der Waals surface area contributed by atoms with Gasteiger partial charge in [-0.3, -0.25) is 4.79 Å². The van der Waals surface area contributed by atoms with E-state index in [2.05, 4.69) is 26.6 Å². The third-order valence-electron chi connectivity index (χ3n) is 7.45. The van der Waals surface area contributed by atoms with Crippen molar-refractivity contribution < 1.29 is 19.1 Å². The van der Waals surface area contributed by atoms with Crippen LogP contribution in [0.5, 0.6) is 5.75 Å². The predicted molar refractivity (Wildman–Crippen MR) is 150 cm³/mol. The van der Waals surface area contributed by atoms with E-state index in [0.29, 0.717) is 25.3 Å². The van der Waals surface area contributed by atoms with Gasteiger partial charge >= 0.3 is 6.09 Å². The summed E-state index contributed by atoms with van der Waals surface area (Å²) in [5.41, 5.74) is 3.93. The SMILES string of the molecule is Cn1c(-c2cc3cccc4c3n2CCCO4)nc2cc(C(=O)N3CCC[C@@H](NC(=O)OC(C)(C)C)C3)ccc21. The average molecular weight is 530 g/mol. The number of aromatic nitrogens is 3. The molecule has 9 heteroatoms. The van der Waals surface area contributed by atoms with Crippen LogP contribution in [0.1, 0.15) is 50.4 Å². The van der Waals surface area contributed by atoms with Crippen LogP contribution in [0.15, 0.2) is 42.5 Å². The maximum atomic E-state index is 13.5. The molecule has 0 bridgehead atoms. The minimum absolute atomic E-state index is 0.0541. The summed E-state index contributed by atoms with van der Waals surface area (Å²) in [7, 11) is 2.02. The number of hydrogen-bond donors (Lipinski definition) is 1. The second-order valence-electron chi connectivity index (χ2n) is 11.5. The minimum atomic E-state index is -0.564. The number of benzene rings is 2. The quantitative estimate of drug-likeness (QED) is 0.399. The Morgan fingerprint density at radius 2 is 1.95 bits per heavy atom. The van der Waals surface area contributed by atoms with Crippen molar-refractivity contribution in [1.29, 1.82) is 0 Å². The summed E-state index contributed by atoms with van der Waals surface area (Å²) in [6.07, 6.45) is 2.11. The van der Waals surface area contributed by atoms with Crippen LogP contribution in [0, 0.1) is 0 Å². The fourth-order valence-electron chi connectivity index (χ4n) is 5.73. The number of carbonyl (C=O) groups excluding carboxylic acids is 2. The summed E-state index contributed by atoms with van der Waals surface area (Å²) < 4.78 is 15.8. The molecular weight excluding hydrogens is 494 g/mol. The Bertz CT molecular complexity index is 1580. The number of amides is 2. The lowest BCUT2D eigenvalue weighted by Crippen LogP contribution is -2.50. The van der Waals surface area contributed by atoms with Crippen molar-refractivity contribution in [3.05, 3.63) is 48.0 Å². The van der Waals surface area contributed by atoms with Crippen molar-refractivity contribution in [3.63, 3.8) is 0 Å². The van der Waals surface area contributed by atoms with Crippen LogP contribution in [0.3, 0.4) is 0 Å². The first-order valence-corrected chi connectivity index (χ1v) is 13.7. The summed E-state index contributed by atoms with van der Waals surface area (Å²) in [4.78, 5) is 32.6. The number of para-hydroxylation sites is 1. The summed E-state index contributed by atoms with van der Waals surface area (Å²) in [5.74, 6) is 1.71. The molecular formula is C30H35N5O4. The van der Waals surface area contributed by atoms with Crippen LogP contribution >= 0.6 is 0 Å². The lowest BCUT2D eigenvalue weighted by molar-refractivity contribution is 0.0452. The predicted octanol–water partition coefficient (Wildman–Crippen LogP) is 5.11. The Balaban J connectivity index is 1.26. The highest BCUT2D eigenvalue weighted by Crippen LogP contribution is 2.36. The molecule has 1 N–H and O–H groups in total. The fraction of sp³-hybridized carbons (Fsp3) is 0.433. The van der Waals surface area contributed by atoms with E-state index >= 15 is 0 Å². The highest BCUT2D eigenvalue weighted by Gasteiger charge is 2.28. The van der Waals surface area contributed by atoms with Crippen LogP contribution in [0.2, 0.25) is 0 Å². The maximum Gasteiger partial charge on any atom is 0.407 e. The number of nitrogens with zero attached hydrogens (tertiary/aromatic N) is 4. The van der Waals surface area contributed by atoms with Gasteiger partial charge in [0, 0.05) is 43.7 Å². The van der Waals surface area contributed by atoms with Gasteiger partial charge in [0.05, 0.1) is 28.9 Å². The Hall–Kier alpha value is -4.01. The summed E-state index contributed by atoms with van der Waals surface area (Å²) in [6.45, 7) is 8.17. The highest BCUT2D eigenvalue weighted by molar-refractivity contribution is 5.98. The Morgan fingerprint density at radius 1 is 1.10 bits per heavy atom. The Kier molecular flexibility index (Phi) is 6.24. The molecule has 204 valence electrons. The molecule has 4 aromatic rings. The second kappa shape index (κ2) is 9.63. The van der Waals surface area contributed by atoms with Crippen LogP contribution in [-0.4, -0.2) is 62.4 Å². The fourth-order valence-corrected chi connectivity index (χ4v) is 5.73. The number of fused-ring (bicyclic) bond motifs is 1. The number of piperidine rings is 1. The molecule has 1 fully saturated rings. The standard InChI is InChI=1S/C30H35N5O4/c1-30(2,3)39-29(37)31-21-9-6-13-34(18-21)28(36)20-11-12-23-22(16-20)32-27(33(23)4)24-17-19-8-5-10-25-26(19)35(24)14-7-15-38-25/h5,8,10-12,16-17,21H,6-7,9,13-15,18H2,1-4H3,(H,31,37)/t21-/m1/s1. The Morgan fingerprint density at radius 3 is 2.77 bits per heavy atom. The second-order valence-corrected chi connectivity index (χ2v) is 11.5. The molecule has 4 heterocycles. The van der Waals surface area contributed by atoms with Crippen molar-refractivity contribution >= 4 is 33.9 Å². The van der Waals surface area contributed by atoms with Gasteiger partial charge in [0.2, 0.25) is 0 Å². The molecule has 0 saturated carbocycles. The van der Waals surface area contributed by atoms with Crippen LogP contribution in [0.25, 0.3) is 33.5 Å². The first kappa shape index (κ1) is 25.3. The average Bonchev–Trinajstić information content (AvgIpc) is 3.32. The van der Waals surface area contributed by atoms with E-state index in [1.54, 1.807) is 0 Å². The number of likely N-dealkylation sites (tertiary alicyclic amines) is 1. The van der Waals surface area contributed by atoms with E-state index in [9.17, 15) is 9.59 Å². The van der Waals surface area contributed by atoms with E-state index < -0.39 is 11.7 Å². The summed E-state index contributed by atoms with van der Waals surface area (Å²) >= 11 is 0. The third kappa shape index (κ3) is 4.82. The molecule has 9 nitrogen and oxygen atoms in total. The Labute approximate surface area is 227 Å². The van der Waals surface area contributed by atoms with Gasteiger partial charge in [0.15, 0.2) is 5.82 Å². The number of hydrogen-bond acceptors (Lipinski definition) is 5. The van der Waals surface area contributed by atoms with E-state index in [1.807, 2.05) is 63.1 Å². The lowest BCUT2D eigenvalue weighted by Gasteiger charge is -2.33. The monoisotopic (exact) mass is 529 g/mol. The zero-order valence-electron chi connectivity index (χ0n) is 23.0.